The molecule has 59 valence electrons. The number of rotatable bonds is 1. The van der Waals surface area contributed by atoms with Crippen LogP contribution in [0.3, 0.4) is 0 Å². The third kappa shape index (κ3) is 1.58. The average Bonchev–Trinajstić information content (AvgIpc) is 2.58. The van der Waals surface area contributed by atoms with E-state index in [1.165, 1.54) is 24.3 Å². The minimum atomic E-state index is 1.15. The number of aryl methyl sites for hydroxylation is 1. The fourth-order valence-corrected chi connectivity index (χ4v) is 2.92. The maximum atomic E-state index is 4.16. The largest absolute Gasteiger partial charge is 0.230 e. The Balaban J connectivity index is 2.35. The topological polar surface area (TPSA) is 14.1 Å². The maximum Gasteiger partial charge on any atom is 0.0699 e. The lowest BCUT2D eigenvalue weighted by Gasteiger charge is -1.97. The lowest BCUT2D eigenvalue weighted by atomic mass is 10.1. The standard InChI is InChI=1S/C9H8NP2/c1-7-2-4-8(5-3-7)9-6-10-12-11-9/h2-6H,1H3. The van der Waals surface area contributed by atoms with Crippen molar-refractivity contribution in [1.82, 2.24) is 5.09 Å². The molecular formula is C9H8NP2. The molecule has 1 radical (unpaired) electrons. The first kappa shape index (κ1) is 7.98. The average molecular weight is 192 g/mol. The van der Waals surface area contributed by atoms with Gasteiger partial charge in [0, 0.05) is 11.5 Å². The number of nitrogens with zero attached hydrogens (tertiary/aromatic N) is 1. The molecule has 0 unspecified atom stereocenters. The van der Waals surface area contributed by atoms with Crippen molar-refractivity contribution in [2.75, 3.05) is 0 Å². The summed E-state index contributed by atoms with van der Waals surface area (Å²) in [5.41, 5.74) is 2.61. The number of hydrogen-bond acceptors (Lipinski definition) is 0. The van der Waals surface area contributed by atoms with Crippen LogP contribution in [0.5, 0.6) is 0 Å². The number of benzene rings is 1. The van der Waals surface area contributed by atoms with Gasteiger partial charge >= 0.3 is 0 Å². The van der Waals surface area contributed by atoms with Crippen LogP contribution in [-0.2, 0) is 0 Å². The summed E-state index contributed by atoms with van der Waals surface area (Å²) >= 11 is 0. The fourth-order valence-electron chi connectivity index (χ4n) is 1.04. The molecule has 1 aromatic rings. The van der Waals surface area contributed by atoms with Gasteiger partial charge in [-0.3, -0.25) is 0 Å². The van der Waals surface area contributed by atoms with Gasteiger partial charge in [-0.05, 0) is 20.4 Å². The Morgan fingerprint density at radius 3 is 2.50 bits per heavy atom. The van der Waals surface area contributed by atoms with E-state index in [4.69, 9.17) is 0 Å². The van der Waals surface area contributed by atoms with Crippen LogP contribution in [0, 0.1) is 6.92 Å². The van der Waals surface area contributed by atoms with Gasteiger partial charge in [0.05, 0.1) is 8.02 Å². The van der Waals surface area contributed by atoms with Crippen molar-refractivity contribution in [3.63, 3.8) is 0 Å². The van der Waals surface area contributed by atoms with E-state index in [-0.39, 0.29) is 0 Å². The molecule has 0 aromatic heterocycles. The van der Waals surface area contributed by atoms with Crippen molar-refractivity contribution in [3.05, 3.63) is 41.6 Å². The van der Waals surface area contributed by atoms with Crippen LogP contribution >= 0.6 is 15.9 Å². The highest BCUT2D eigenvalue weighted by Crippen LogP contribution is 2.37. The molecule has 0 atom stereocenters. The molecular weight excluding hydrogens is 184 g/mol. The predicted octanol–water partition coefficient (Wildman–Crippen LogP) is 3.63. The molecule has 1 aliphatic heterocycles. The Hall–Kier alpha value is -0.640. The van der Waals surface area contributed by atoms with Gasteiger partial charge in [0.15, 0.2) is 0 Å². The molecule has 0 spiro atoms. The minimum absolute atomic E-state index is 1.15. The quantitative estimate of drug-likeness (QED) is 0.603. The Morgan fingerprint density at radius 2 is 1.92 bits per heavy atom. The van der Waals surface area contributed by atoms with Crippen molar-refractivity contribution in [1.29, 1.82) is 0 Å². The molecule has 3 heteroatoms. The number of hydrogen-bond donors (Lipinski definition) is 0. The van der Waals surface area contributed by atoms with Crippen LogP contribution < -0.4 is 5.09 Å². The molecule has 1 heterocycles. The summed E-state index contributed by atoms with van der Waals surface area (Å²) in [5, 5.41) is 5.49. The van der Waals surface area contributed by atoms with Crippen LogP contribution in [0.15, 0.2) is 30.5 Å². The highest BCUT2D eigenvalue weighted by Gasteiger charge is 2.02. The van der Waals surface area contributed by atoms with E-state index in [0.29, 0.717) is 0 Å². The maximum absolute atomic E-state index is 4.16. The van der Waals surface area contributed by atoms with Crippen LogP contribution in [0.4, 0.5) is 0 Å². The third-order valence-electron chi connectivity index (χ3n) is 1.73. The van der Waals surface area contributed by atoms with Crippen LogP contribution in [0.25, 0.3) is 5.31 Å². The van der Waals surface area contributed by atoms with Crippen LogP contribution in [0.2, 0.25) is 0 Å². The lowest BCUT2D eigenvalue weighted by Crippen LogP contribution is -1.77. The lowest BCUT2D eigenvalue weighted by molar-refractivity contribution is 1.40. The van der Waals surface area contributed by atoms with Gasteiger partial charge in [-0.1, -0.05) is 29.8 Å². The monoisotopic (exact) mass is 192 g/mol. The summed E-state index contributed by atoms with van der Waals surface area (Å²) in [7, 11) is 2.46. The summed E-state index contributed by atoms with van der Waals surface area (Å²) < 4.78 is 0. The first-order chi connectivity index (χ1) is 5.86. The Kier molecular flexibility index (Phi) is 2.26. The van der Waals surface area contributed by atoms with E-state index in [0.717, 1.165) is 8.02 Å². The summed E-state index contributed by atoms with van der Waals surface area (Å²) in [6.07, 6.45) is 1.97. The Morgan fingerprint density at radius 1 is 1.17 bits per heavy atom. The first-order valence-electron chi connectivity index (χ1n) is 3.74. The van der Waals surface area contributed by atoms with Gasteiger partial charge in [-0.25, -0.2) is 5.09 Å². The fraction of sp³-hybridized carbons (Fsp3) is 0.111. The van der Waals surface area contributed by atoms with Crippen molar-refractivity contribution in [3.8, 4) is 0 Å². The zero-order valence-electron chi connectivity index (χ0n) is 6.73. The highest BCUT2D eigenvalue weighted by atomic mass is 31.7. The first-order valence-corrected chi connectivity index (χ1v) is 6.19. The second-order valence-corrected chi connectivity index (χ2v) is 4.91. The second-order valence-electron chi connectivity index (χ2n) is 2.69. The van der Waals surface area contributed by atoms with Crippen molar-refractivity contribution in [2.45, 2.75) is 6.92 Å². The zero-order valence-corrected chi connectivity index (χ0v) is 8.52. The van der Waals surface area contributed by atoms with Crippen LogP contribution in [0.1, 0.15) is 11.1 Å². The van der Waals surface area contributed by atoms with Gasteiger partial charge in [0.1, 0.15) is 0 Å². The van der Waals surface area contributed by atoms with E-state index in [2.05, 4.69) is 36.3 Å². The second kappa shape index (κ2) is 3.39. The van der Waals surface area contributed by atoms with Gasteiger partial charge in [0.2, 0.25) is 0 Å². The van der Waals surface area contributed by atoms with Gasteiger partial charge < -0.3 is 0 Å². The molecule has 1 aliphatic rings. The molecule has 2 rings (SSSR count). The molecule has 0 fully saturated rings. The normalized spacial score (nSPS) is 16.9. The molecule has 12 heavy (non-hydrogen) atoms. The molecule has 0 saturated heterocycles. The van der Waals surface area contributed by atoms with Gasteiger partial charge in [0.25, 0.3) is 0 Å². The minimum Gasteiger partial charge on any atom is -0.230 e. The van der Waals surface area contributed by atoms with Crippen molar-refractivity contribution < 1.29 is 0 Å². The van der Waals surface area contributed by atoms with E-state index < -0.39 is 0 Å². The zero-order chi connectivity index (χ0) is 8.39. The molecule has 0 aliphatic carbocycles. The molecule has 0 N–H and O–H groups in total. The Bertz CT molecular complexity index is 338. The van der Waals surface area contributed by atoms with Gasteiger partial charge in [-0.15, -0.1) is 0 Å². The summed E-state index contributed by atoms with van der Waals surface area (Å²) in [6.45, 7) is 2.10. The molecule has 0 bridgehead atoms. The molecule has 0 amide bonds. The smallest absolute Gasteiger partial charge is 0.0699 e. The van der Waals surface area contributed by atoms with Gasteiger partial charge in [-0.2, -0.15) is 0 Å². The van der Waals surface area contributed by atoms with Crippen molar-refractivity contribution >= 4 is 21.2 Å². The van der Waals surface area contributed by atoms with E-state index in [1.807, 2.05) is 6.20 Å². The van der Waals surface area contributed by atoms with Crippen molar-refractivity contribution in [2.24, 2.45) is 0 Å². The molecule has 1 aromatic carbocycles. The molecule has 0 saturated carbocycles. The SMILES string of the molecule is Cc1ccc(C2=C[N]P=P2)cc1. The summed E-state index contributed by atoms with van der Waals surface area (Å²) in [6, 6.07) is 8.59. The highest BCUT2D eigenvalue weighted by molar-refractivity contribution is 7.89. The predicted molar refractivity (Wildman–Crippen MR) is 55.1 cm³/mol. The summed E-state index contributed by atoms with van der Waals surface area (Å²) in [4.78, 5) is 0. The third-order valence-corrected chi connectivity index (χ3v) is 3.85. The Labute approximate surface area is 75.4 Å². The molecule has 1 nitrogen and oxygen atoms in total. The van der Waals surface area contributed by atoms with E-state index in [9.17, 15) is 0 Å². The van der Waals surface area contributed by atoms with E-state index in [1.54, 1.807) is 0 Å². The summed E-state index contributed by atoms with van der Waals surface area (Å²) in [5.74, 6) is 0. The van der Waals surface area contributed by atoms with Crippen LogP contribution in [-0.4, -0.2) is 0 Å². The van der Waals surface area contributed by atoms with E-state index >= 15 is 0 Å².